The van der Waals surface area contributed by atoms with Crippen LogP contribution in [0.3, 0.4) is 0 Å². The second-order valence-corrected chi connectivity index (χ2v) is 9.49. The zero-order valence-corrected chi connectivity index (χ0v) is 22.4. The van der Waals surface area contributed by atoms with Crippen molar-refractivity contribution < 1.29 is 23.9 Å². The molecule has 0 fully saturated rings. The molecule has 0 aliphatic rings. The Kier molecular flexibility index (Phi) is 20.2. The van der Waals surface area contributed by atoms with Gasteiger partial charge in [-0.25, -0.2) is 0 Å². The van der Waals surface area contributed by atoms with Crippen molar-refractivity contribution >= 4 is 11.9 Å². The largest absolute Gasteiger partial charge is 0.481 e. The number of aliphatic carboxylic acids is 1. The van der Waals surface area contributed by atoms with Gasteiger partial charge in [-0.3, -0.25) is 9.59 Å². The number of carbonyl (C=O) groups excluding carboxylic acids is 1. The number of carbonyl (C=O) groups is 2. The Morgan fingerprint density at radius 3 is 1.57 bits per heavy atom. The molecule has 0 aromatic rings. The van der Waals surface area contributed by atoms with Crippen LogP contribution in [0.2, 0.25) is 0 Å². The number of unbranched alkanes of at least 4 members (excludes halogenated alkanes) is 1. The third-order valence-electron chi connectivity index (χ3n) is 4.80. The molecule has 0 radical (unpaired) electrons. The second-order valence-electron chi connectivity index (χ2n) is 9.49. The number of esters is 1. The van der Waals surface area contributed by atoms with E-state index in [0.717, 1.165) is 44.9 Å². The van der Waals surface area contributed by atoms with Gasteiger partial charge in [0.2, 0.25) is 0 Å². The number of hydrogen-bond acceptors (Lipinski definition) is 3. The molecule has 1 atom stereocenters. The lowest BCUT2D eigenvalue weighted by atomic mass is 10.2. The molecule has 0 aromatic heterocycles. The Labute approximate surface area is 213 Å². The van der Waals surface area contributed by atoms with E-state index in [9.17, 15) is 9.59 Å². The average molecular weight is 487 g/mol. The van der Waals surface area contributed by atoms with Crippen molar-refractivity contribution in [3.63, 3.8) is 0 Å². The molecule has 35 heavy (non-hydrogen) atoms. The van der Waals surface area contributed by atoms with E-state index in [1.807, 2.05) is 21.1 Å². The predicted molar refractivity (Wildman–Crippen MR) is 147 cm³/mol. The van der Waals surface area contributed by atoms with Crippen molar-refractivity contribution in [1.82, 2.24) is 0 Å². The topological polar surface area (TPSA) is 63.6 Å². The monoisotopic (exact) mass is 486 g/mol. The van der Waals surface area contributed by atoms with Gasteiger partial charge in [0, 0.05) is 6.42 Å². The van der Waals surface area contributed by atoms with E-state index in [2.05, 4.69) is 79.8 Å². The fourth-order valence-electron chi connectivity index (χ4n) is 3.20. The fraction of sp³-hybridized carbons (Fsp3) is 0.533. The lowest BCUT2D eigenvalue weighted by molar-refractivity contribution is -0.873. The Morgan fingerprint density at radius 2 is 1.17 bits per heavy atom. The van der Waals surface area contributed by atoms with E-state index in [4.69, 9.17) is 9.84 Å². The van der Waals surface area contributed by atoms with Crippen molar-refractivity contribution in [3.05, 3.63) is 72.9 Å². The molecule has 0 saturated heterocycles. The van der Waals surface area contributed by atoms with E-state index in [1.54, 1.807) is 0 Å². The van der Waals surface area contributed by atoms with Gasteiger partial charge in [0.25, 0.3) is 0 Å². The van der Waals surface area contributed by atoms with Crippen LogP contribution in [-0.2, 0) is 14.3 Å². The highest BCUT2D eigenvalue weighted by molar-refractivity contribution is 5.71. The molecule has 0 aliphatic carbocycles. The number of allylic oxidation sites excluding steroid dienone is 12. The van der Waals surface area contributed by atoms with E-state index in [1.165, 1.54) is 0 Å². The summed E-state index contributed by atoms with van der Waals surface area (Å²) in [5.41, 5.74) is 0. The van der Waals surface area contributed by atoms with Crippen LogP contribution in [0.1, 0.15) is 71.1 Å². The smallest absolute Gasteiger partial charge is 0.307 e. The third-order valence-corrected chi connectivity index (χ3v) is 4.80. The van der Waals surface area contributed by atoms with Crippen LogP contribution < -0.4 is 0 Å². The first kappa shape index (κ1) is 32.3. The summed E-state index contributed by atoms with van der Waals surface area (Å²) in [6.45, 7) is 2.62. The van der Waals surface area contributed by atoms with Gasteiger partial charge in [-0.15, -0.1) is 0 Å². The lowest BCUT2D eigenvalue weighted by Crippen LogP contribution is -2.43. The van der Waals surface area contributed by atoms with E-state index < -0.39 is 12.1 Å². The summed E-state index contributed by atoms with van der Waals surface area (Å²) in [5, 5.41) is 9.02. The number of ether oxygens (including phenoxy) is 1. The molecule has 1 unspecified atom stereocenters. The summed E-state index contributed by atoms with van der Waals surface area (Å²) >= 11 is 0. The maximum absolute atomic E-state index is 12.0. The fourth-order valence-corrected chi connectivity index (χ4v) is 3.20. The minimum atomic E-state index is -0.950. The number of nitrogens with zero attached hydrogens (tertiary/aromatic N) is 1. The molecule has 0 spiro atoms. The second kappa shape index (κ2) is 21.8. The van der Waals surface area contributed by atoms with Gasteiger partial charge >= 0.3 is 11.9 Å². The zero-order valence-electron chi connectivity index (χ0n) is 22.4. The first-order valence-electron chi connectivity index (χ1n) is 12.9. The molecule has 0 bridgehead atoms. The van der Waals surface area contributed by atoms with Crippen LogP contribution in [0.5, 0.6) is 0 Å². The molecule has 5 nitrogen and oxygen atoms in total. The Morgan fingerprint density at radius 1 is 0.743 bits per heavy atom. The minimum Gasteiger partial charge on any atom is -0.481 e. The lowest BCUT2D eigenvalue weighted by Gasteiger charge is -2.28. The van der Waals surface area contributed by atoms with Gasteiger partial charge in [-0.2, -0.15) is 0 Å². The van der Waals surface area contributed by atoms with Gasteiger partial charge in [0.05, 0.1) is 27.6 Å². The van der Waals surface area contributed by atoms with Gasteiger partial charge in [0.15, 0.2) is 6.10 Å². The third kappa shape index (κ3) is 25.8. The molecule has 0 amide bonds. The van der Waals surface area contributed by atoms with E-state index in [0.29, 0.717) is 23.9 Å². The van der Waals surface area contributed by atoms with Crippen LogP contribution >= 0.6 is 0 Å². The van der Waals surface area contributed by atoms with E-state index >= 15 is 0 Å². The Bertz CT molecular complexity index is 736. The van der Waals surface area contributed by atoms with Crippen molar-refractivity contribution in [2.24, 2.45) is 0 Å². The van der Waals surface area contributed by atoms with Crippen LogP contribution in [0.25, 0.3) is 0 Å². The van der Waals surface area contributed by atoms with Crippen LogP contribution in [0.15, 0.2) is 72.9 Å². The molecule has 196 valence electrons. The normalized spacial score (nSPS) is 13.9. The summed E-state index contributed by atoms with van der Waals surface area (Å²) < 4.78 is 5.94. The van der Waals surface area contributed by atoms with Gasteiger partial charge in [-0.05, 0) is 51.4 Å². The van der Waals surface area contributed by atoms with Crippen molar-refractivity contribution in [2.45, 2.75) is 77.2 Å². The highest BCUT2D eigenvalue weighted by Crippen LogP contribution is 2.08. The summed E-state index contributed by atoms with van der Waals surface area (Å²) in [5.74, 6) is -1.27. The number of carboxylic acids is 1. The molecule has 5 heteroatoms. The maximum atomic E-state index is 12.0. The van der Waals surface area contributed by atoms with Crippen molar-refractivity contribution in [1.29, 1.82) is 0 Å². The van der Waals surface area contributed by atoms with Crippen LogP contribution in [-0.4, -0.2) is 55.3 Å². The molecule has 1 N–H and O–H groups in total. The summed E-state index contributed by atoms with van der Waals surface area (Å²) in [6.07, 6.45) is 33.0. The van der Waals surface area contributed by atoms with Crippen LogP contribution in [0, 0.1) is 0 Å². The minimum absolute atomic E-state index is 0.158. The quantitative estimate of drug-likeness (QED) is 0.0875. The van der Waals surface area contributed by atoms with Crippen molar-refractivity contribution in [3.8, 4) is 0 Å². The first-order valence-corrected chi connectivity index (χ1v) is 12.9. The summed E-state index contributed by atoms with van der Waals surface area (Å²) in [4.78, 5) is 23.0. The van der Waals surface area contributed by atoms with Gasteiger partial charge in [0.1, 0.15) is 6.54 Å². The number of carboxylic acid groups (broad SMARTS) is 1. The number of rotatable bonds is 20. The first-order chi connectivity index (χ1) is 16.7. The number of quaternary nitrogens is 1. The molecular weight excluding hydrogens is 438 g/mol. The molecule has 0 aromatic carbocycles. The Hall–Kier alpha value is -2.66. The number of likely N-dealkylation sites (N-methyl/N-ethyl adjacent to an activating group) is 1. The molecule has 0 heterocycles. The molecular formula is C30H48NO4+. The summed E-state index contributed by atoms with van der Waals surface area (Å²) in [6, 6.07) is 0. The highest BCUT2D eigenvalue weighted by atomic mass is 16.5. The number of hydrogen-bond donors (Lipinski definition) is 1. The molecule has 0 saturated carbocycles. The van der Waals surface area contributed by atoms with Gasteiger partial charge < -0.3 is 14.3 Å². The van der Waals surface area contributed by atoms with Gasteiger partial charge in [-0.1, -0.05) is 79.8 Å². The maximum Gasteiger partial charge on any atom is 0.307 e. The van der Waals surface area contributed by atoms with Crippen molar-refractivity contribution in [2.75, 3.05) is 27.7 Å². The molecule has 0 rings (SSSR count). The standard InChI is InChI=1S/C30H47NO4/c1-5-6-7-8-9-10-11-12-13-14-15-16-17-18-19-20-21-22-23-24-25-30(34)35-28(26-29(32)33)27-31(2,3)4/h6-7,9-10,12-13,15-16,18-19,21-22,28H,5,8,11,14,17,20,23-27H2,1-4H3/p+1/b7-6+,10-9+,13-12+,16-15+,19-18+,22-21+. The average Bonchev–Trinajstić information content (AvgIpc) is 2.76. The zero-order chi connectivity index (χ0) is 26.2. The highest BCUT2D eigenvalue weighted by Gasteiger charge is 2.24. The van der Waals surface area contributed by atoms with E-state index in [-0.39, 0.29) is 12.4 Å². The summed E-state index contributed by atoms with van der Waals surface area (Å²) in [7, 11) is 5.85. The van der Waals surface area contributed by atoms with Crippen LogP contribution in [0.4, 0.5) is 0 Å². The Balaban J connectivity index is 3.86. The predicted octanol–water partition coefficient (Wildman–Crippen LogP) is 6.95. The SMILES string of the molecule is CC/C=C/C/C=C/C/C=C/C/C=C/C/C=C/C/C=C/CCCC(=O)OC(CC(=O)O)C[N+](C)(C)C. The molecule has 0 aliphatic heterocycles.